The van der Waals surface area contributed by atoms with E-state index < -0.39 is 11.9 Å². The van der Waals surface area contributed by atoms with Crippen molar-refractivity contribution in [2.24, 2.45) is 10.2 Å². The van der Waals surface area contributed by atoms with Gasteiger partial charge in [0.1, 0.15) is 5.82 Å². The summed E-state index contributed by atoms with van der Waals surface area (Å²) in [5, 5.41) is 10.7. The third-order valence-corrected chi connectivity index (χ3v) is 4.76. The Bertz CT molecular complexity index is 1010. The maximum Gasteiger partial charge on any atom is 0.331 e. The summed E-state index contributed by atoms with van der Waals surface area (Å²) in [6.07, 6.45) is 2.64. The molecular weight excluding hydrogens is 381 g/mol. The van der Waals surface area contributed by atoms with Crippen molar-refractivity contribution in [3.05, 3.63) is 70.4 Å². The van der Waals surface area contributed by atoms with Gasteiger partial charge >= 0.3 is 5.97 Å². The lowest BCUT2D eigenvalue weighted by atomic mass is 10.0. The van der Waals surface area contributed by atoms with E-state index >= 15 is 0 Å². The van der Waals surface area contributed by atoms with Gasteiger partial charge in [0.2, 0.25) is 0 Å². The number of halogens is 1. The van der Waals surface area contributed by atoms with E-state index in [9.17, 15) is 14.0 Å². The molecule has 142 valence electrons. The van der Waals surface area contributed by atoms with Gasteiger partial charge in [-0.25, -0.2) is 9.18 Å². The minimum Gasteiger partial charge on any atom is -0.466 e. The summed E-state index contributed by atoms with van der Waals surface area (Å²) in [6, 6.07) is 12.5. The number of amides is 1. The molecule has 1 aliphatic rings. The molecule has 1 heterocycles. The van der Waals surface area contributed by atoms with Gasteiger partial charge in [-0.3, -0.25) is 10.1 Å². The van der Waals surface area contributed by atoms with Gasteiger partial charge in [0, 0.05) is 6.08 Å². The van der Waals surface area contributed by atoms with Crippen LogP contribution < -0.4 is 5.32 Å². The first-order valence-corrected chi connectivity index (χ1v) is 9.04. The Morgan fingerprint density at radius 2 is 1.89 bits per heavy atom. The number of hydrogen-bond donors (Lipinski definition) is 1. The van der Waals surface area contributed by atoms with Crippen LogP contribution in [0.15, 0.2) is 63.6 Å². The molecule has 1 saturated heterocycles. The normalized spacial score (nSPS) is 16.8. The second-order valence-corrected chi connectivity index (χ2v) is 6.85. The molecule has 8 heteroatoms. The number of nitrogens with one attached hydrogen (secondary N) is 1. The summed E-state index contributed by atoms with van der Waals surface area (Å²) < 4.78 is 17.9. The Morgan fingerprint density at radius 3 is 2.57 bits per heavy atom. The number of amidine groups is 1. The van der Waals surface area contributed by atoms with Gasteiger partial charge in [0.05, 0.1) is 18.2 Å². The highest BCUT2D eigenvalue weighted by Gasteiger charge is 2.24. The van der Waals surface area contributed by atoms with Crippen LogP contribution in [0.25, 0.3) is 11.1 Å². The second kappa shape index (κ2) is 8.62. The summed E-state index contributed by atoms with van der Waals surface area (Å²) >= 11 is 1.01. The molecule has 0 bridgehead atoms. The number of benzene rings is 2. The fourth-order valence-corrected chi connectivity index (χ4v) is 3.11. The molecule has 0 atom stereocenters. The maximum atomic E-state index is 13.4. The van der Waals surface area contributed by atoms with Crippen LogP contribution in [-0.2, 0) is 14.3 Å². The van der Waals surface area contributed by atoms with Gasteiger partial charge in [-0.15, -0.1) is 5.10 Å². The lowest BCUT2D eigenvalue weighted by Gasteiger charge is -2.04. The van der Waals surface area contributed by atoms with Crippen molar-refractivity contribution in [2.45, 2.75) is 6.92 Å². The Hall–Kier alpha value is -3.26. The van der Waals surface area contributed by atoms with Crippen LogP contribution in [0.5, 0.6) is 0 Å². The highest BCUT2D eigenvalue weighted by Crippen LogP contribution is 2.24. The van der Waals surface area contributed by atoms with E-state index in [1.54, 1.807) is 25.3 Å². The molecule has 2 aromatic rings. The van der Waals surface area contributed by atoms with Crippen LogP contribution in [0.1, 0.15) is 11.1 Å². The van der Waals surface area contributed by atoms with Crippen molar-refractivity contribution in [1.82, 2.24) is 5.32 Å². The molecule has 1 fully saturated rings. The van der Waals surface area contributed by atoms with E-state index in [0.29, 0.717) is 5.56 Å². The SMILES string of the molecule is COC(=O)/C=C1/S/C(=N\N=Cc2ccc(-c3ccc(F)c(C)c3)cc2)NC1=O. The minimum absolute atomic E-state index is 0.194. The topological polar surface area (TPSA) is 80.1 Å². The van der Waals surface area contributed by atoms with Crippen LogP contribution in [0.3, 0.4) is 0 Å². The summed E-state index contributed by atoms with van der Waals surface area (Å²) in [6.45, 7) is 1.73. The number of thioether (sulfide) groups is 1. The number of rotatable bonds is 4. The Morgan fingerprint density at radius 1 is 1.18 bits per heavy atom. The number of aryl methyl sites for hydroxylation is 1. The minimum atomic E-state index is -0.612. The van der Waals surface area contributed by atoms with Crippen LogP contribution in [0.2, 0.25) is 0 Å². The maximum absolute atomic E-state index is 13.4. The smallest absolute Gasteiger partial charge is 0.331 e. The fourth-order valence-electron chi connectivity index (χ4n) is 2.37. The van der Waals surface area contributed by atoms with Crippen LogP contribution >= 0.6 is 11.8 Å². The monoisotopic (exact) mass is 397 g/mol. The van der Waals surface area contributed by atoms with Gasteiger partial charge in [0.15, 0.2) is 5.17 Å². The summed E-state index contributed by atoms with van der Waals surface area (Å²) in [5.74, 6) is -1.27. The lowest BCUT2D eigenvalue weighted by Crippen LogP contribution is -2.19. The summed E-state index contributed by atoms with van der Waals surface area (Å²) in [4.78, 5) is 23.1. The highest BCUT2D eigenvalue weighted by molar-refractivity contribution is 8.18. The predicted molar refractivity (Wildman–Crippen MR) is 107 cm³/mol. The summed E-state index contributed by atoms with van der Waals surface area (Å²) in [5.41, 5.74) is 3.29. The van der Waals surface area contributed by atoms with Crippen LogP contribution in [-0.4, -0.2) is 30.4 Å². The van der Waals surface area contributed by atoms with Gasteiger partial charge in [0.25, 0.3) is 5.91 Å². The molecule has 1 N–H and O–H groups in total. The first-order chi connectivity index (χ1) is 13.5. The second-order valence-electron chi connectivity index (χ2n) is 5.82. The molecule has 28 heavy (non-hydrogen) atoms. The van der Waals surface area contributed by atoms with E-state index in [2.05, 4.69) is 20.3 Å². The zero-order chi connectivity index (χ0) is 20.1. The van der Waals surface area contributed by atoms with Gasteiger partial charge < -0.3 is 4.74 Å². The van der Waals surface area contributed by atoms with Crippen LogP contribution in [0, 0.1) is 12.7 Å². The quantitative estimate of drug-likeness (QED) is 0.371. The zero-order valence-corrected chi connectivity index (χ0v) is 15.9. The van der Waals surface area contributed by atoms with E-state index in [4.69, 9.17) is 0 Å². The molecule has 0 aliphatic carbocycles. The first kappa shape index (κ1) is 19.5. The average Bonchev–Trinajstić information content (AvgIpc) is 3.03. The molecular formula is C20H16FN3O3S. The van der Waals surface area contributed by atoms with Gasteiger partial charge in [-0.2, -0.15) is 5.10 Å². The first-order valence-electron chi connectivity index (χ1n) is 8.23. The fraction of sp³-hybridized carbons (Fsp3) is 0.100. The molecule has 2 aromatic carbocycles. The van der Waals surface area contributed by atoms with E-state index in [1.165, 1.54) is 13.2 Å². The standard InChI is InChI=1S/C20H16FN3O3S/c1-12-9-15(7-8-16(12)21)14-5-3-13(4-6-14)11-22-24-20-23-19(26)17(28-20)10-18(25)27-2/h3-11H,1-2H3,(H,23,24,26)/b17-10+,22-11?. The molecule has 1 aliphatic heterocycles. The number of ether oxygens (including phenoxy) is 1. The third-order valence-electron chi connectivity index (χ3n) is 3.86. The van der Waals surface area contributed by atoms with Crippen molar-refractivity contribution < 1.29 is 18.7 Å². The molecule has 0 unspecified atom stereocenters. The number of carbonyl (C=O) groups excluding carboxylic acids is 2. The highest BCUT2D eigenvalue weighted by atomic mass is 32.2. The Kier molecular flexibility index (Phi) is 6.00. The van der Waals surface area contributed by atoms with E-state index in [0.717, 1.165) is 34.5 Å². The van der Waals surface area contributed by atoms with Gasteiger partial charge in [-0.1, -0.05) is 30.3 Å². The summed E-state index contributed by atoms with van der Waals surface area (Å²) in [7, 11) is 1.23. The molecule has 0 radical (unpaired) electrons. The number of nitrogens with zero attached hydrogens (tertiary/aromatic N) is 2. The average molecular weight is 397 g/mol. The molecule has 0 saturated carbocycles. The zero-order valence-electron chi connectivity index (χ0n) is 15.1. The van der Waals surface area contributed by atoms with E-state index in [1.807, 2.05) is 24.3 Å². The molecule has 0 spiro atoms. The predicted octanol–water partition coefficient (Wildman–Crippen LogP) is 3.41. The number of carbonyl (C=O) groups is 2. The van der Waals surface area contributed by atoms with Crippen molar-refractivity contribution in [3.8, 4) is 11.1 Å². The molecule has 1 amide bonds. The molecule has 3 rings (SSSR count). The Labute approximate surface area is 165 Å². The van der Waals surface area contributed by atoms with Crippen molar-refractivity contribution in [3.63, 3.8) is 0 Å². The number of hydrogen-bond acceptors (Lipinski definition) is 6. The Balaban J connectivity index is 1.67. The van der Waals surface area contributed by atoms with Crippen LogP contribution in [0.4, 0.5) is 4.39 Å². The van der Waals surface area contributed by atoms with Crippen molar-refractivity contribution >= 4 is 35.0 Å². The van der Waals surface area contributed by atoms with Crippen molar-refractivity contribution in [1.29, 1.82) is 0 Å². The number of esters is 1. The molecule has 0 aromatic heterocycles. The number of methoxy groups -OCH3 is 1. The van der Waals surface area contributed by atoms with Crippen molar-refractivity contribution in [2.75, 3.05) is 7.11 Å². The molecule has 6 nitrogen and oxygen atoms in total. The van der Waals surface area contributed by atoms with E-state index in [-0.39, 0.29) is 15.9 Å². The lowest BCUT2D eigenvalue weighted by molar-refractivity contribution is -0.135. The largest absolute Gasteiger partial charge is 0.466 e. The van der Waals surface area contributed by atoms with Gasteiger partial charge in [-0.05, 0) is 53.1 Å². The third kappa shape index (κ3) is 4.72.